The van der Waals surface area contributed by atoms with Crippen LogP contribution in [-0.2, 0) is 14.3 Å². The summed E-state index contributed by atoms with van der Waals surface area (Å²) in [4.78, 5) is 43.7. The Bertz CT molecular complexity index is 1700. The summed E-state index contributed by atoms with van der Waals surface area (Å²) < 4.78 is 24.4. The zero-order valence-electron chi connectivity index (χ0n) is 23.1. The summed E-state index contributed by atoms with van der Waals surface area (Å²) in [6, 6.07) is 9.87. The van der Waals surface area contributed by atoms with Gasteiger partial charge in [0.15, 0.2) is 16.3 Å². The first-order valence-corrected chi connectivity index (χ1v) is 14.5. The third-order valence-corrected chi connectivity index (χ3v) is 7.53. The maximum Gasteiger partial charge on any atom is 0.338 e. The van der Waals surface area contributed by atoms with Gasteiger partial charge in [0.2, 0.25) is 0 Å². The fourth-order valence-corrected chi connectivity index (χ4v) is 5.92. The Morgan fingerprint density at radius 2 is 1.88 bits per heavy atom. The third-order valence-electron chi connectivity index (χ3n) is 5.96. The van der Waals surface area contributed by atoms with Gasteiger partial charge in [-0.05, 0) is 78.2 Å². The zero-order chi connectivity index (χ0) is 29.7. The zero-order valence-corrected chi connectivity index (χ0v) is 25.5. The van der Waals surface area contributed by atoms with Gasteiger partial charge in [0.1, 0.15) is 12.4 Å². The van der Waals surface area contributed by atoms with Crippen molar-refractivity contribution in [2.75, 3.05) is 19.8 Å². The molecule has 1 atom stereocenters. The summed E-state index contributed by atoms with van der Waals surface area (Å²) in [5.74, 6) is 0.223. The molecule has 0 fully saturated rings. The van der Waals surface area contributed by atoms with Crippen LogP contribution in [0.25, 0.3) is 6.08 Å². The maximum absolute atomic E-state index is 13.9. The van der Waals surface area contributed by atoms with Gasteiger partial charge >= 0.3 is 11.9 Å². The second-order valence-corrected chi connectivity index (χ2v) is 10.7. The van der Waals surface area contributed by atoms with Gasteiger partial charge in [0, 0.05) is 6.92 Å². The molecule has 214 valence electrons. The van der Waals surface area contributed by atoms with Gasteiger partial charge < -0.3 is 18.9 Å². The normalized spacial score (nSPS) is 14.7. The minimum atomic E-state index is -0.752. The topological polar surface area (TPSA) is 105 Å². The number of thiazole rings is 1. The van der Waals surface area contributed by atoms with Gasteiger partial charge in [-0.25, -0.2) is 9.79 Å². The highest BCUT2D eigenvalue weighted by Gasteiger charge is 2.33. The van der Waals surface area contributed by atoms with Crippen LogP contribution in [0, 0.1) is 0 Å². The van der Waals surface area contributed by atoms with Gasteiger partial charge in [0.25, 0.3) is 5.56 Å². The number of carbonyl (C=O) groups is 2. The van der Waals surface area contributed by atoms with Crippen LogP contribution in [0.5, 0.6) is 17.2 Å². The number of carbonyl (C=O) groups excluding carboxylic acids is 2. The van der Waals surface area contributed by atoms with Crippen LogP contribution >= 0.6 is 27.3 Å². The number of ether oxygens (including phenoxy) is 4. The van der Waals surface area contributed by atoms with Crippen molar-refractivity contribution < 1.29 is 28.5 Å². The molecule has 0 saturated carbocycles. The lowest BCUT2D eigenvalue weighted by Gasteiger charge is -2.24. The molecule has 0 bridgehead atoms. The van der Waals surface area contributed by atoms with Crippen LogP contribution in [0.3, 0.4) is 0 Å². The second-order valence-electron chi connectivity index (χ2n) is 8.83. The Labute approximate surface area is 249 Å². The number of nitrogens with zero attached hydrogens (tertiary/aromatic N) is 2. The number of hydrogen-bond donors (Lipinski definition) is 0. The van der Waals surface area contributed by atoms with E-state index in [-0.39, 0.29) is 23.5 Å². The Morgan fingerprint density at radius 1 is 1.15 bits per heavy atom. The van der Waals surface area contributed by atoms with Gasteiger partial charge in [-0.2, -0.15) is 0 Å². The summed E-state index contributed by atoms with van der Waals surface area (Å²) in [6.07, 6.45) is 3.36. The second kappa shape index (κ2) is 13.1. The highest BCUT2D eigenvalue weighted by Crippen LogP contribution is 2.37. The van der Waals surface area contributed by atoms with E-state index in [1.807, 2.05) is 19.1 Å². The SMILES string of the molecule is C=CCOc1ccc([C@@H]2C(C(=O)OCC)=C(C)N=c3s/c(=C\c4cc(Br)c(OC(C)=O)c(OCC)c4)c(=O)n32)cc1. The Balaban J connectivity index is 1.88. The standard InChI is InChI=1S/C30H29BrN2O7S/c1-6-13-39-21-11-9-20(10-12-21)26-25(29(36)38-8-3)17(4)32-30-33(26)28(35)24(41-30)16-19-14-22(31)27(40-18(5)34)23(15-19)37-7-2/h6,9-12,14-16,26H,1,7-8,13H2,2-5H3/b24-16-/t26-/m1/s1. The van der Waals surface area contributed by atoms with Crippen molar-refractivity contribution in [1.29, 1.82) is 0 Å². The highest BCUT2D eigenvalue weighted by atomic mass is 79.9. The van der Waals surface area contributed by atoms with Crippen LogP contribution in [-0.4, -0.2) is 36.3 Å². The van der Waals surface area contributed by atoms with E-state index in [2.05, 4.69) is 27.5 Å². The first-order valence-electron chi connectivity index (χ1n) is 12.9. The number of esters is 2. The number of allylic oxidation sites excluding steroid dienone is 1. The molecule has 2 aromatic carbocycles. The fraction of sp³-hybridized carbons (Fsp3) is 0.267. The lowest BCUT2D eigenvalue weighted by molar-refractivity contribution is -0.139. The van der Waals surface area contributed by atoms with Gasteiger partial charge in [-0.3, -0.25) is 14.2 Å². The Hall–Kier alpha value is -3.96. The molecule has 0 radical (unpaired) electrons. The molecule has 9 nitrogen and oxygen atoms in total. The molecule has 0 N–H and O–H groups in total. The minimum absolute atomic E-state index is 0.182. The van der Waals surface area contributed by atoms with Gasteiger partial charge in [-0.15, -0.1) is 0 Å². The summed E-state index contributed by atoms with van der Waals surface area (Å²) in [6.45, 7) is 11.1. The predicted molar refractivity (Wildman–Crippen MR) is 159 cm³/mol. The monoisotopic (exact) mass is 640 g/mol. The molecule has 1 aliphatic rings. The molecular formula is C30H29BrN2O7S. The maximum atomic E-state index is 13.9. The van der Waals surface area contributed by atoms with Crippen molar-refractivity contribution in [3.05, 3.63) is 95.6 Å². The first kappa shape index (κ1) is 30.0. The third kappa shape index (κ3) is 6.52. The van der Waals surface area contributed by atoms with E-state index in [1.165, 1.54) is 22.8 Å². The van der Waals surface area contributed by atoms with E-state index < -0.39 is 18.0 Å². The smallest absolute Gasteiger partial charge is 0.338 e. The van der Waals surface area contributed by atoms with E-state index in [4.69, 9.17) is 18.9 Å². The average Bonchev–Trinajstić information content (AvgIpc) is 3.23. The molecule has 0 saturated heterocycles. The van der Waals surface area contributed by atoms with Crippen molar-refractivity contribution >= 4 is 45.3 Å². The highest BCUT2D eigenvalue weighted by molar-refractivity contribution is 9.10. The average molecular weight is 642 g/mol. The van der Waals surface area contributed by atoms with E-state index in [0.717, 1.165) is 0 Å². The van der Waals surface area contributed by atoms with E-state index in [0.29, 0.717) is 55.3 Å². The molecule has 2 heterocycles. The lowest BCUT2D eigenvalue weighted by Crippen LogP contribution is -2.39. The van der Waals surface area contributed by atoms with Crippen LogP contribution in [0.1, 0.15) is 44.9 Å². The van der Waals surface area contributed by atoms with Crippen molar-refractivity contribution in [3.8, 4) is 17.2 Å². The summed E-state index contributed by atoms with van der Waals surface area (Å²) in [5.41, 5.74) is 1.78. The molecule has 1 aliphatic heterocycles. The van der Waals surface area contributed by atoms with Gasteiger partial charge in [-0.1, -0.05) is 36.1 Å². The Kier molecular flexibility index (Phi) is 9.61. The predicted octanol–water partition coefficient (Wildman–Crippen LogP) is 4.45. The van der Waals surface area contributed by atoms with Crippen molar-refractivity contribution in [3.63, 3.8) is 0 Å². The number of halogens is 1. The summed E-state index contributed by atoms with van der Waals surface area (Å²) in [7, 11) is 0. The minimum Gasteiger partial charge on any atom is -0.490 e. The van der Waals surface area contributed by atoms with Crippen molar-refractivity contribution in [2.45, 2.75) is 33.7 Å². The summed E-state index contributed by atoms with van der Waals surface area (Å²) in [5, 5.41) is 0. The molecule has 4 rings (SSSR count). The number of hydrogen-bond acceptors (Lipinski definition) is 9. The number of rotatable bonds is 10. The molecule has 0 unspecified atom stereocenters. The van der Waals surface area contributed by atoms with E-state index in [9.17, 15) is 14.4 Å². The number of fused-ring (bicyclic) bond motifs is 1. The largest absolute Gasteiger partial charge is 0.490 e. The molecule has 0 spiro atoms. The van der Waals surface area contributed by atoms with Crippen LogP contribution in [0.2, 0.25) is 0 Å². The first-order chi connectivity index (χ1) is 19.7. The molecule has 41 heavy (non-hydrogen) atoms. The number of benzene rings is 2. The fourth-order valence-electron chi connectivity index (χ4n) is 4.34. The molecular weight excluding hydrogens is 612 g/mol. The molecule has 0 amide bonds. The van der Waals surface area contributed by atoms with Gasteiger partial charge in [0.05, 0.1) is 39.5 Å². The van der Waals surface area contributed by atoms with Crippen LogP contribution < -0.4 is 29.1 Å². The number of aromatic nitrogens is 1. The van der Waals surface area contributed by atoms with E-state index >= 15 is 0 Å². The lowest BCUT2D eigenvalue weighted by atomic mass is 9.96. The van der Waals surface area contributed by atoms with Crippen molar-refractivity contribution in [1.82, 2.24) is 4.57 Å². The van der Waals surface area contributed by atoms with E-state index in [1.54, 1.807) is 50.3 Å². The van der Waals surface area contributed by atoms with Crippen molar-refractivity contribution in [2.24, 2.45) is 4.99 Å². The molecule has 1 aromatic heterocycles. The van der Waals surface area contributed by atoms with Crippen LogP contribution in [0.15, 0.2) is 74.6 Å². The molecule has 11 heteroatoms. The Morgan fingerprint density at radius 3 is 2.51 bits per heavy atom. The van der Waals surface area contributed by atoms with Crippen LogP contribution in [0.4, 0.5) is 0 Å². The summed E-state index contributed by atoms with van der Waals surface area (Å²) >= 11 is 4.65. The molecule has 3 aromatic rings. The molecule has 0 aliphatic carbocycles. The quantitative estimate of drug-likeness (QED) is 0.183.